The van der Waals surface area contributed by atoms with Crippen molar-refractivity contribution < 1.29 is 13.9 Å². The Kier molecular flexibility index (Phi) is 4.16. The van der Waals surface area contributed by atoms with Gasteiger partial charge in [-0.05, 0) is 18.2 Å². The summed E-state index contributed by atoms with van der Waals surface area (Å²) in [7, 11) is 1.60. The van der Waals surface area contributed by atoms with Crippen molar-refractivity contribution in [2.75, 3.05) is 20.2 Å². The fourth-order valence-corrected chi connectivity index (χ4v) is 2.05. The molecule has 0 spiro atoms. The van der Waals surface area contributed by atoms with Crippen molar-refractivity contribution in [1.82, 2.24) is 10.6 Å². The van der Waals surface area contributed by atoms with Gasteiger partial charge in [0.2, 0.25) is 0 Å². The smallest absolute Gasteiger partial charge is 0.251 e. The Morgan fingerprint density at radius 3 is 3.00 bits per heavy atom. The number of carbonyl (C=O) groups is 1. The standard InChI is InChI=1S/C12H14ClFN2O2/c1-18-11-6-15-5-10(11)16-12(17)7-2-3-8(13)9(14)4-7/h2-4,10-11,15H,5-6H2,1H3,(H,16,17)/t10-,11-/m1/s1. The van der Waals surface area contributed by atoms with Gasteiger partial charge in [0.1, 0.15) is 5.82 Å². The molecule has 1 amide bonds. The molecule has 18 heavy (non-hydrogen) atoms. The maximum Gasteiger partial charge on any atom is 0.251 e. The van der Waals surface area contributed by atoms with E-state index in [4.69, 9.17) is 16.3 Å². The number of hydrogen-bond acceptors (Lipinski definition) is 3. The number of ether oxygens (including phenoxy) is 1. The molecule has 1 aromatic rings. The zero-order chi connectivity index (χ0) is 13.1. The summed E-state index contributed by atoms with van der Waals surface area (Å²) in [6.45, 7) is 1.33. The predicted molar refractivity (Wildman–Crippen MR) is 66.3 cm³/mol. The first-order chi connectivity index (χ1) is 8.61. The van der Waals surface area contributed by atoms with Crippen LogP contribution in [-0.4, -0.2) is 38.3 Å². The molecule has 0 bridgehead atoms. The highest BCUT2D eigenvalue weighted by Crippen LogP contribution is 2.16. The Bertz CT molecular complexity index is 456. The summed E-state index contributed by atoms with van der Waals surface area (Å²) in [5.74, 6) is -0.932. The van der Waals surface area contributed by atoms with E-state index in [1.807, 2.05) is 0 Å². The Labute approximate surface area is 109 Å². The van der Waals surface area contributed by atoms with Crippen LogP contribution in [0.15, 0.2) is 18.2 Å². The maximum absolute atomic E-state index is 13.2. The Balaban J connectivity index is 2.05. The SMILES string of the molecule is CO[C@@H]1CNC[C@H]1NC(=O)c1ccc(Cl)c(F)c1. The van der Waals surface area contributed by atoms with Crippen molar-refractivity contribution in [3.05, 3.63) is 34.6 Å². The molecule has 1 saturated heterocycles. The van der Waals surface area contributed by atoms with E-state index in [0.29, 0.717) is 13.1 Å². The molecule has 2 atom stereocenters. The number of hydrogen-bond donors (Lipinski definition) is 2. The molecule has 1 aliphatic heterocycles. The fraction of sp³-hybridized carbons (Fsp3) is 0.417. The van der Waals surface area contributed by atoms with E-state index in [-0.39, 0.29) is 28.6 Å². The molecule has 4 nitrogen and oxygen atoms in total. The summed E-state index contributed by atoms with van der Waals surface area (Å²) >= 11 is 5.56. The van der Waals surface area contributed by atoms with Crippen molar-refractivity contribution in [2.24, 2.45) is 0 Å². The molecule has 1 fully saturated rings. The number of rotatable bonds is 3. The molecule has 0 saturated carbocycles. The van der Waals surface area contributed by atoms with E-state index in [2.05, 4.69) is 10.6 Å². The number of amides is 1. The van der Waals surface area contributed by atoms with Gasteiger partial charge >= 0.3 is 0 Å². The van der Waals surface area contributed by atoms with Gasteiger partial charge in [-0.2, -0.15) is 0 Å². The van der Waals surface area contributed by atoms with Crippen LogP contribution in [0.2, 0.25) is 5.02 Å². The van der Waals surface area contributed by atoms with Gasteiger partial charge in [-0.1, -0.05) is 11.6 Å². The van der Waals surface area contributed by atoms with Crippen LogP contribution in [0.1, 0.15) is 10.4 Å². The third kappa shape index (κ3) is 2.80. The van der Waals surface area contributed by atoms with Gasteiger partial charge in [-0.3, -0.25) is 4.79 Å². The first-order valence-corrected chi connectivity index (χ1v) is 5.99. The topological polar surface area (TPSA) is 50.4 Å². The van der Waals surface area contributed by atoms with E-state index in [0.717, 1.165) is 6.07 Å². The van der Waals surface area contributed by atoms with Crippen molar-refractivity contribution >= 4 is 17.5 Å². The largest absolute Gasteiger partial charge is 0.378 e. The molecular formula is C12H14ClFN2O2. The van der Waals surface area contributed by atoms with Crippen LogP contribution in [0, 0.1) is 5.82 Å². The van der Waals surface area contributed by atoms with E-state index in [1.54, 1.807) is 7.11 Å². The summed E-state index contributed by atoms with van der Waals surface area (Å²) in [6.07, 6.45) is -0.0638. The predicted octanol–water partition coefficient (Wildman–Crippen LogP) is 1.20. The van der Waals surface area contributed by atoms with E-state index in [9.17, 15) is 9.18 Å². The summed E-state index contributed by atoms with van der Waals surface area (Å²) in [5, 5.41) is 5.93. The van der Waals surface area contributed by atoms with E-state index in [1.165, 1.54) is 12.1 Å². The second-order valence-corrected chi connectivity index (χ2v) is 4.55. The minimum Gasteiger partial charge on any atom is -0.378 e. The van der Waals surface area contributed by atoms with Crippen molar-refractivity contribution in [3.8, 4) is 0 Å². The highest BCUT2D eigenvalue weighted by Gasteiger charge is 2.28. The first-order valence-electron chi connectivity index (χ1n) is 5.61. The average molecular weight is 273 g/mol. The van der Waals surface area contributed by atoms with Crippen LogP contribution in [0.4, 0.5) is 4.39 Å². The molecule has 0 aliphatic carbocycles. The van der Waals surface area contributed by atoms with Gasteiger partial charge in [-0.25, -0.2) is 4.39 Å². The molecule has 98 valence electrons. The maximum atomic E-state index is 13.2. The highest BCUT2D eigenvalue weighted by molar-refractivity contribution is 6.30. The molecule has 1 aromatic carbocycles. The van der Waals surface area contributed by atoms with E-state index < -0.39 is 5.82 Å². The van der Waals surface area contributed by atoms with Gasteiger partial charge in [0.25, 0.3) is 5.91 Å². The monoisotopic (exact) mass is 272 g/mol. The van der Waals surface area contributed by atoms with Crippen LogP contribution in [0.3, 0.4) is 0 Å². The van der Waals surface area contributed by atoms with Gasteiger partial charge in [-0.15, -0.1) is 0 Å². The lowest BCUT2D eigenvalue weighted by Gasteiger charge is -2.18. The number of halogens is 2. The zero-order valence-electron chi connectivity index (χ0n) is 9.87. The van der Waals surface area contributed by atoms with Gasteiger partial charge < -0.3 is 15.4 Å². The quantitative estimate of drug-likeness (QED) is 0.869. The zero-order valence-corrected chi connectivity index (χ0v) is 10.6. The lowest BCUT2D eigenvalue weighted by molar-refractivity contribution is 0.0779. The molecular weight excluding hydrogens is 259 g/mol. The Morgan fingerprint density at radius 1 is 1.56 bits per heavy atom. The summed E-state index contributed by atoms with van der Waals surface area (Å²) < 4.78 is 18.5. The normalized spacial score (nSPS) is 23.1. The Morgan fingerprint density at radius 2 is 2.33 bits per heavy atom. The van der Waals surface area contributed by atoms with Crippen molar-refractivity contribution in [1.29, 1.82) is 0 Å². The molecule has 1 aliphatic rings. The van der Waals surface area contributed by atoms with Crippen LogP contribution >= 0.6 is 11.6 Å². The van der Waals surface area contributed by atoms with Crippen molar-refractivity contribution in [2.45, 2.75) is 12.1 Å². The molecule has 0 radical (unpaired) electrons. The number of benzene rings is 1. The summed E-state index contributed by atoms with van der Waals surface area (Å²) in [6, 6.07) is 3.88. The fourth-order valence-electron chi connectivity index (χ4n) is 1.94. The highest BCUT2D eigenvalue weighted by atomic mass is 35.5. The molecule has 6 heteroatoms. The first kappa shape index (κ1) is 13.3. The lowest BCUT2D eigenvalue weighted by atomic mass is 10.1. The Hall–Kier alpha value is -1.17. The van der Waals surface area contributed by atoms with Gasteiger partial charge in [0.05, 0.1) is 17.2 Å². The second kappa shape index (κ2) is 5.65. The van der Waals surface area contributed by atoms with Crippen molar-refractivity contribution in [3.63, 3.8) is 0 Å². The minimum atomic E-state index is -0.600. The number of methoxy groups -OCH3 is 1. The van der Waals surface area contributed by atoms with Gasteiger partial charge in [0.15, 0.2) is 0 Å². The molecule has 2 N–H and O–H groups in total. The average Bonchev–Trinajstić information content (AvgIpc) is 2.79. The summed E-state index contributed by atoms with van der Waals surface area (Å²) in [4.78, 5) is 11.9. The molecule has 1 heterocycles. The molecule has 0 aromatic heterocycles. The summed E-state index contributed by atoms with van der Waals surface area (Å²) in [5.41, 5.74) is 0.249. The second-order valence-electron chi connectivity index (χ2n) is 4.14. The number of nitrogens with one attached hydrogen (secondary N) is 2. The number of carbonyl (C=O) groups excluding carboxylic acids is 1. The third-order valence-electron chi connectivity index (χ3n) is 2.96. The minimum absolute atomic E-state index is 0.00357. The van der Waals surface area contributed by atoms with Crippen LogP contribution in [-0.2, 0) is 4.74 Å². The van der Waals surface area contributed by atoms with Crippen LogP contribution in [0.25, 0.3) is 0 Å². The van der Waals surface area contributed by atoms with Crippen LogP contribution in [0.5, 0.6) is 0 Å². The third-order valence-corrected chi connectivity index (χ3v) is 3.27. The van der Waals surface area contributed by atoms with Crippen LogP contribution < -0.4 is 10.6 Å². The van der Waals surface area contributed by atoms with E-state index >= 15 is 0 Å². The molecule has 0 unspecified atom stereocenters. The van der Waals surface area contributed by atoms with Gasteiger partial charge in [0, 0.05) is 25.8 Å². The molecule has 2 rings (SSSR count). The lowest BCUT2D eigenvalue weighted by Crippen LogP contribution is -2.43.